The smallest absolute Gasteiger partial charge is 0.228 e. The highest BCUT2D eigenvalue weighted by Gasteiger charge is 2.12. The second kappa shape index (κ2) is 6.84. The highest BCUT2D eigenvalue weighted by Crippen LogP contribution is 2.29. The van der Waals surface area contributed by atoms with Crippen LogP contribution in [0.1, 0.15) is 5.56 Å². The van der Waals surface area contributed by atoms with Crippen molar-refractivity contribution in [1.29, 1.82) is 0 Å². The van der Waals surface area contributed by atoms with Crippen LogP contribution in [0.25, 0.3) is 10.9 Å². The summed E-state index contributed by atoms with van der Waals surface area (Å²) in [5, 5.41) is 4.44. The number of aromatic nitrogens is 1. The first kappa shape index (κ1) is 16.2. The van der Waals surface area contributed by atoms with Crippen LogP contribution in [-0.2, 0) is 11.2 Å². The molecule has 24 heavy (non-hydrogen) atoms. The van der Waals surface area contributed by atoms with E-state index in [1.54, 1.807) is 32.4 Å². The van der Waals surface area contributed by atoms with Crippen LogP contribution in [0.2, 0.25) is 5.02 Å². The third-order valence-corrected chi connectivity index (χ3v) is 4.00. The zero-order valence-electron chi connectivity index (χ0n) is 13.4. The van der Waals surface area contributed by atoms with Gasteiger partial charge < -0.3 is 19.8 Å². The van der Waals surface area contributed by atoms with Gasteiger partial charge in [-0.05, 0) is 35.9 Å². The largest absolute Gasteiger partial charge is 0.497 e. The molecular weight excluding hydrogens is 328 g/mol. The van der Waals surface area contributed by atoms with Gasteiger partial charge in [0.05, 0.1) is 26.3 Å². The molecule has 0 spiro atoms. The summed E-state index contributed by atoms with van der Waals surface area (Å²) in [5.74, 6) is 1.07. The Kier molecular flexibility index (Phi) is 4.62. The van der Waals surface area contributed by atoms with E-state index in [-0.39, 0.29) is 12.3 Å². The minimum absolute atomic E-state index is 0.151. The molecule has 6 heteroatoms. The number of carbonyl (C=O) groups is 1. The van der Waals surface area contributed by atoms with Gasteiger partial charge in [-0.15, -0.1) is 0 Å². The second-order valence-electron chi connectivity index (χ2n) is 5.29. The number of halogens is 1. The summed E-state index contributed by atoms with van der Waals surface area (Å²) in [6, 6.07) is 10.8. The van der Waals surface area contributed by atoms with Crippen LogP contribution in [-0.4, -0.2) is 25.1 Å². The van der Waals surface area contributed by atoms with Gasteiger partial charge in [0.2, 0.25) is 5.91 Å². The molecule has 0 unspecified atom stereocenters. The van der Waals surface area contributed by atoms with E-state index >= 15 is 0 Å². The molecule has 2 N–H and O–H groups in total. The van der Waals surface area contributed by atoms with Gasteiger partial charge in [-0.25, -0.2) is 0 Å². The van der Waals surface area contributed by atoms with Crippen molar-refractivity contribution in [3.05, 3.63) is 53.2 Å². The normalized spacial score (nSPS) is 10.6. The molecule has 0 saturated heterocycles. The number of H-pyrrole nitrogens is 1. The molecule has 5 nitrogen and oxygen atoms in total. The average Bonchev–Trinajstić information content (AvgIpc) is 2.96. The van der Waals surface area contributed by atoms with Gasteiger partial charge in [-0.2, -0.15) is 0 Å². The van der Waals surface area contributed by atoms with E-state index in [1.807, 2.05) is 24.4 Å². The van der Waals surface area contributed by atoms with Crippen molar-refractivity contribution in [2.24, 2.45) is 0 Å². The Bertz CT molecular complexity index is 889. The van der Waals surface area contributed by atoms with Crippen LogP contribution in [0, 0.1) is 0 Å². The van der Waals surface area contributed by atoms with Crippen molar-refractivity contribution in [1.82, 2.24) is 4.98 Å². The number of amides is 1. The Morgan fingerprint density at radius 1 is 1.17 bits per heavy atom. The van der Waals surface area contributed by atoms with E-state index in [0.717, 1.165) is 16.5 Å². The van der Waals surface area contributed by atoms with Gasteiger partial charge in [-0.3, -0.25) is 4.79 Å². The minimum atomic E-state index is -0.151. The maximum atomic E-state index is 12.4. The fourth-order valence-corrected chi connectivity index (χ4v) is 2.75. The number of hydrogen-bond acceptors (Lipinski definition) is 3. The summed E-state index contributed by atoms with van der Waals surface area (Å²) in [4.78, 5) is 15.6. The summed E-state index contributed by atoms with van der Waals surface area (Å²) in [6.45, 7) is 0. The van der Waals surface area contributed by atoms with Crippen LogP contribution in [0.15, 0.2) is 42.6 Å². The minimum Gasteiger partial charge on any atom is -0.497 e. The van der Waals surface area contributed by atoms with Crippen molar-refractivity contribution >= 4 is 34.1 Å². The van der Waals surface area contributed by atoms with Crippen molar-refractivity contribution < 1.29 is 14.3 Å². The first-order valence-corrected chi connectivity index (χ1v) is 7.76. The number of methoxy groups -OCH3 is 2. The molecule has 0 fully saturated rings. The van der Waals surface area contributed by atoms with Gasteiger partial charge in [0.15, 0.2) is 0 Å². The second-order valence-corrected chi connectivity index (χ2v) is 5.73. The van der Waals surface area contributed by atoms with Crippen molar-refractivity contribution in [3.63, 3.8) is 0 Å². The number of fused-ring (bicyclic) bond motifs is 1. The fraction of sp³-hybridized carbons (Fsp3) is 0.167. The maximum Gasteiger partial charge on any atom is 0.228 e. The zero-order valence-corrected chi connectivity index (χ0v) is 14.1. The summed E-state index contributed by atoms with van der Waals surface area (Å²) in [7, 11) is 3.13. The molecule has 1 aromatic heterocycles. The molecule has 0 radical (unpaired) electrons. The monoisotopic (exact) mass is 344 g/mol. The third-order valence-electron chi connectivity index (χ3n) is 3.76. The van der Waals surface area contributed by atoms with Gasteiger partial charge in [-0.1, -0.05) is 11.6 Å². The molecule has 3 aromatic rings. The van der Waals surface area contributed by atoms with Crippen LogP contribution in [0.4, 0.5) is 5.69 Å². The number of aromatic amines is 1. The van der Waals surface area contributed by atoms with E-state index < -0.39 is 0 Å². The van der Waals surface area contributed by atoms with Crippen LogP contribution in [0.3, 0.4) is 0 Å². The quantitative estimate of drug-likeness (QED) is 0.734. The van der Waals surface area contributed by atoms with E-state index in [4.69, 9.17) is 21.1 Å². The molecule has 124 valence electrons. The molecule has 0 aliphatic carbocycles. The summed E-state index contributed by atoms with van der Waals surface area (Å²) in [6.07, 6.45) is 2.05. The number of carbonyl (C=O) groups excluding carboxylic acids is 1. The lowest BCUT2D eigenvalue weighted by atomic mass is 10.1. The van der Waals surface area contributed by atoms with Crippen LogP contribution >= 0.6 is 11.6 Å². The molecule has 3 rings (SSSR count). The predicted octanol–water partition coefficient (Wildman–Crippen LogP) is 4.02. The first-order chi connectivity index (χ1) is 11.6. The van der Waals surface area contributed by atoms with E-state index in [1.165, 1.54) is 0 Å². The van der Waals surface area contributed by atoms with Crippen molar-refractivity contribution in [2.75, 3.05) is 19.5 Å². The third kappa shape index (κ3) is 3.31. The number of benzene rings is 2. The standard InChI is InChI=1S/C18H17ClN2O3/c1-23-13-4-6-17(24-2)16(9-13)21-18(22)7-11-10-20-15-5-3-12(19)8-14(11)15/h3-6,8-10,20H,7H2,1-2H3,(H,21,22). The maximum absolute atomic E-state index is 12.4. The lowest BCUT2D eigenvalue weighted by molar-refractivity contribution is -0.115. The molecule has 0 atom stereocenters. The van der Waals surface area contributed by atoms with Gasteiger partial charge in [0, 0.05) is 28.2 Å². The Balaban J connectivity index is 1.81. The topological polar surface area (TPSA) is 63.4 Å². The Morgan fingerprint density at radius 3 is 2.75 bits per heavy atom. The summed E-state index contributed by atoms with van der Waals surface area (Å²) >= 11 is 6.04. The summed E-state index contributed by atoms with van der Waals surface area (Å²) < 4.78 is 10.5. The van der Waals surface area contributed by atoms with Gasteiger partial charge >= 0.3 is 0 Å². The molecule has 1 heterocycles. The Labute approximate surface area is 144 Å². The SMILES string of the molecule is COc1ccc(OC)c(NC(=O)Cc2c[nH]c3ccc(Cl)cc23)c1. The first-order valence-electron chi connectivity index (χ1n) is 7.38. The number of rotatable bonds is 5. The molecule has 1 amide bonds. The fourth-order valence-electron chi connectivity index (χ4n) is 2.58. The molecule has 0 aliphatic rings. The number of nitrogens with one attached hydrogen (secondary N) is 2. The summed E-state index contributed by atoms with van der Waals surface area (Å²) in [5.41, 5.74) is 2.40. The molecule has 0 aliphatic heterocycles. The Hall–Kier alpha value is -2.66. The average molecular weight is 345 g/mol. The molecule has 0 bridgehead atoms. The number of ether oxygens (including phenoxy) is 2. The van der Waals surface area contributed by atoms with Crippen molar-refractivity contribution in [3.8, 4) is 11.5 Å². The van der Waals surface area contributed by atoms with Gasteiger partial charge in [0.1, 0.15) is 11.5 Å². The lowest BCUT2D eigenvalue weighted by Crippen LogP contribution is -2.15. The van der Waals surface area contributed by atoms with E-state index in [0.29, 0.717) is 22.2 Å². The zero-order chi connectivity index (χ0) is 17.1. The highest BCUT2D eigenvalue weighted by atomic mass is 35.5. The van der Waals surface area contributed by atoms with Crippen LogP contribution in [0.5, 0.6) is 11.5 Å². The molecule has 0 saturated carbocycles. The van der Waals surface area contributed by atoms with E-state index in [2.05, 4.69) is 10.3 Å². The number of hydrogen-bond donors (Lipinski definition) is 2. The highest BCUT2D eigenvalue weighted by molar-refractivity contribution is 6.31. The molecule has 2 aromatic carbocycles. The van der Waals surface area contributed by atoms with Crippen LogP contribution < -0.4 is 14.8 Å². The number of anilines is 1. The molecular formula is C18H17ClN2O3. The lowest BCUT2D eigenvalue weighted by Gasteiger charge is -2.11. The van der Waals surface area contributed by atoms with Crippen molar-refractivity contribution in [2.45, 2.75) is 6.42 Å². The van der Waals surface area contributed by atoms with E-state index in [9.17, 15) is 4.79 Å². The van der Waals surface area contributed by atoms with Gasteiger partial charge in [0.25, 0.3) is 0 Å². The Morgan fingerprint density at radius 2 is 2.00 bits per heavy atom. The predicted molar refractivity (Wildman–Crippen MR) is 95.2 cm³/mol.